The van der Waals surface area contributed by atoms with Crippen molar-refractivity contribution in [2.45, 2.75) is 19.8 Å². The summed E-state index contributed by atoms with van der Waals surface area (Å²) in [5.41, 5.74) is 6.86. The van der Waals surface area contributed by atoms with Gasteiger partial charge >= 0.3 is 0 Å². The zero-order chi connectivity index (χ0) is 11.8. The van der Waals surface area contributed by atoms with Gasteiger partial charge in [0.15, 0.2) is 0 Å². The minimum absolute atomic E-state index is 0.250. The highest BCUT2D eigenvalue weighted by molar-refractivity contribution is 5.94. The van der Waals surface area contributed by atoms with Gasteiger partial charge in [0.1, 0.15) is 0 Å². The number of carbonyl (C=O) groups is 2. The quantitative estimate of drug-likeness (QED) is 0.726. The van der Waals surface area contributed by atoms with E-state index in [4.69, 9.17) is 15.6 Å². The molecule has 0 aliphatic carbocycles. The van der Waals surface area contributed by atoms with Crippen molar-refractivity contribution in [1.29, 1.82) is 0 Å². The summed E-state index contributed by atoms with van der Waals surface area (Å²) in [6, 6.07) is 7.44. The van der Waals surface area contributed by atoms with E-state index in [1.165, 1.54) is 0 Å². The fraction of sp³-hybridized carbons (Fsp3) is 0.273. The van der Waals surface area contributed by atoms with Gasteiger partial charge in [-0.3, -0.25) is 9.59 Å². The Balaban J connectivity index is 0.000000583. The molecule has 0 bridgehead atoms. The first kappa shape index (κ1) is 13.2. The van der Waals surface area contributed by atoms with Crippen molar-refractivity contribution >= 4 is 12.4 Å². The molecule has 0 aromatic heterocycles. The number of benzene rings is 1. The van der Waals surface area contributed by atoms with E-state index >= 15 is 0 Å². The Kier molecular flexibility index (Phi) is 5.78. The molecule has 15 heavy (non-hydrogen) atoms. The Morgan fingerprint density at radius 1 is 1.40 bits per heavy atom. The summed E-state index contributed by atoms with van der Waals surface area (Å²) >= 11 is 0. The fourth-order valence-corrected chi connectivity index (χ4v) is 1.22. The van der Waals surface area contributed by atoms with Crippen LogP contribution < -0.4 is 5.73 Å². The van der Waals surface area contributed by atoms with Gasteiger partial charge in [-0.05, 0) is 17.5 Å². The third-order valence-electron chi connectivity index (χ3n) is 1.85. The van der Waals surface area contributed by atoms with Crippen LogP contribution in [-0.4, -0.2) is 17.5 Å². The van der Waals surface area contributed by atoms with E-state index in [2.05, 4.69) is 0 Å². The monoisotopic (exact) mass is 209 g/mol. The van der Waals surface area contributed by atoms with E-state index in [9.17, 15) is 4.79 Å². The Morgan fingerprint density at radius 3 is 2.20 bits per heavy atom. The molecule has 0 heterocycles. The number of hydrogen-bond donors (Lipinski definition) is 2. The lowest BCUT2D eigenvalue weighted by Gasteiger charge is -2.08. The molecule has 3 N–H and O–H groups in total. The second-order valence-corrected chi connectivity index (χ2v) is 3.21. The summed E-state index contributed by atoms with van der Waals surface area (Å²) in [6.07, 6.45) is 0. The van der Waals surface area contributed by atoms with Crippen molar-refractivity contribution in [1.82, 2.24) is 0 Å². The van der Waals surface area contributed by atoms with Crippen molar-refractivity contribution in [2.24, 2.45) is 5.73 Å². The Bertz CT molecular complexity index is 334. The van der Waals surface area contributed by atoms with Crippen LogP contribution in [0.2, 0.25) is 0 Å². The second kappa shape index (κ2) is 6.59. The maximum absolute atomic E-state index is 10.9. The summed E-state index contributed by atoms with van der Waals surface area (Å²) < 4.78 is 0. The van der Waals surface area contributed by atoms with E-state index in [1.807, 2.05) is 32.0 Å². The van der Waals surface area contributed by atoms with Gasteiger partial charge in [0.25, 0.3) is 6.47 Å². The van der Waals surface area contributed by atoms with Crippen LogP contribution in [-0.2, 0) is 4.79 Å². The fourth-order valence-electron chi connectivity index (χ4n) is 1.22. The smallest absolute Gasteiger partial charge is 0.290 e. The van der Waals surface area contributed by atoms with Crippen LogP contribution in [0.4, 0.5) is 0 Å². The van der Waals surface area contributed by atoms with Crippen molar-refractivity contribution < 1.29 is 14.7 Å². The number of rotatable bonds is 2. The highest BCUT2D eigenvalue weighted by Crippen LogP contribution is 2.18. The number of carbonyl (C=O) groups excluding carboxylic acids is 1. The van der Waals surface area contributed by atoms with Crippen molar-refractivity contribution in [3.8, 4) is 0 Å². The minimum Gasteiger partial charge on any atom is -0.483 e. The third-order valence-corrected chi connectivity index (χ3v) is 1.85. The highest BCUT2D eigenvalue weighted by Gasteiger charge is 2.08. The number of nitrogens with two attached hydrogens (primary N) is 1. The summed E-state index contributed by atoms with van der Waals surface area (Å²) in [7, 11) is 0. The molecule has 0 aliphatic heterocycles. The second-order valence-electron chi connectivity index (χ2n) is 3.21. The lowest BCUT2D eigenvalue weighted by atomic mass is 9.97. The Hall–Kier alpha value is -1.84. The van der Waals surface area contributed by atoms with Gasteiger partial charge in [-0.15, -0.1) is 0 Å². The lowest BCUT2D eigenvalue weighted by Crippen LogP contribution is -2.14. The largest absolute Gasteiger partial charge is 0.483 e. The van der Waals surface area contributed by atoms with Gasteiger partial charge in [-0.25, -0.2) is 0 Å². The maximum Gasteiger partial charge on any atom is 0.290 e. The predicted octanol–water partition coefficient (Wildman–Crippen LogP) is 1.61. The zero-order valence-electron chi connectivity index (χ0n) is 8.81. The minimum atomic E-state index is -0.348. The van der Waals surface area contributed by atoms with Gasteiger partial charge in [-0.1, -0.05) is 32.0 Å². The van der Waals surface area contributed by atoms with Crippen LogP contribution in [0, 0.1) is 0 Å². The third kappa shape index (κ3) is 4.26. The van der Waals surface area contributed by atoms with E-state index in [1.54, 1.807) is 6.07 Å². The molecule has 82 valence electrons. The molecule has 1 rings (SSSR count). The van der Waals surface area contributed by atoms with E-state index < -0.39 is 0 Å². The van der Waals surface area contributed by atoms with Gasteiger partial charge in [0, 0.05) is 5.56 Å². The summed E-state index contributed by atoms with van der Waals surface area (Å²) in [6.45, 7) is 3.84. The van der Waals surface area contributed by atoms with Crippen LogP contribution in [0.3, 0.4) is 0 Å². The van der Waals surface area contributed by atoms with Gasteiger partial charge in [0.05, 0.1) is 0 Å². The Labute approximate surface area is 88.7 Å². The number of amides is 1. The molecular formula is C11H15NO3. The van der Waals surface area contributed by atoms with Crippen LogP contribution in [0.5, 0.6) is 0 Å². The number of hydrogen-bond acceptors (Lipinski definition) is 2. The van der Waals surface area contributed by atoms with E-state index in [0.717, 1.165) is 5.56 Å². The van der Waals surface area contributed by atoms with Crippen molar-refractivity contribution in [2.75, 3.05) is 0 Å². The molecule has 0 radical (unpaired) electrons. The highest BCUT2D eigenvalue weighted by atomic mass is 16.3. The summed E-state index contributed by atoms with van der Waals surface area (Å²) in [5, 5.41) is 6.89. The molecule has 4 nitrogen and oxygen atoms in total. The molecule has 1 aromatic rings. The van der Waals surface area contributed by atoms with Crippen LogP contribution in [0.25, 0.3) is 0 Å². The predicted molar refractivity (Wildman–Crippen MR) is 57.7 cm³/mol. The Morgan fingerprint density at radius 2 is 1.87 bits per heavy atom. The van der Waals surface area contributed by atoms with Crippen molar-refractivity contribution in [3.63, 3.8) is 0 Å². The molecule has 0 saturated carbocycles. The van der Waals surface area contributed by atoms with E-state index in [-0.39, 0.29) is 12.4 Å². The molecule has 4 heteroatoms. The topological polar surface area (TPSA) is 80.4 Å². The molecule has 0 unspecified atom stereocenters. The van der Waals surface area contributed by atoms with Crippen molar-refractivity contribution in [3.05, 3.63) is 35.4 Å². The normalized spacial score (nSPS) is 9.00. The first-order chi connectivity index (χ1) is 7.04. The van der Waals surface area contributed by atoms with Gasteiger partial charge < -0.3 is 10.8 Å². The number of primary amides is 1. The number of carboxylic acid groups (broad SMARTS) is 1. The average molecular weight is 209 g/mol. The molecular weight excluding hydrogens is 194 g/mol. The summed E-state index contributed by atoms with van der Waals surface area (Å²) in [5.74, 6) is -0.00648. The molecule has 0 atom stereocenters. The average Bonchev–Trinajstić information content (AvgIpc) is 2.19. The van der Waals surface area contributed by atoms with Crippen LogP contribution in [0.15, 0.2) is 24.3 Å². The summed E-state index contributed by atoms with van der Waals surface area (Å²) in [4.78, 5) is 19.3. The first-order valence-electron chi connectivity index (χ1n) is 4.51. The molecule has 0 saturated heterocycles. The molecule has 0 fully saturated rings. The maximum atomic E-state index is 10.9. The van der Waals surface area contributed by atoms with Crippen LogP contribution in [0.1, 0.15) is 35.7 Å². The lowest BCUT2D eigenvalue weighted by molar-refractivity contribution is -0.122. The van der Waals surface area contributed by atoms with E-state index in [0.29, 0.717) is 11.5 Å². The molecule has 1 aromatic carbocycles. The molecule has 0 aliphatic rings. The zero-order valence-corrected chi connectivity index (χ0v) is 8.81. The van der Waals surface area contributed by atoms with Gasteiger partial charge in [-0.2, -0.15) is 0 Å². The standard InChI is InChI=1S/C10H13NO.CH2O2/c1-7(2)8-5-3-4-6-9(8)10(11)12;2-1-3/h3-7H,1-2H3,(H2,11,12);1H,(H,2,3). The van der Waals surface area contributed by atoms with Gasteiger partial charge in [0.2, 0.25) is 5.91 Å². The molecule has 1 amide bonds. The first-order valence-corrected chi connectivity index (χ1v) is 4.51. The SMILES string of the molecule is CC(C)c1ccccc1C(N)=O.O=CO. The molecule has 0 spiro atoms. The van der Waals surface area contributed by atoms with Crippen LogP contribution >= 0.6 is 0 Å².